The lowest BCUT2D eigenvalue weighted by Gasteiger charge is -2.21. The van der Waals surface area contributed by atoms with Crippen molar-refractivity contribution < 1.29 is 28.3 Å². The van der Waals surface area contributed by atoms with E-state index < -0.39 is 17.6 Å². The van der Waals surface area contributed by atoms with Crippen LogP contribution in [0.2, 0.25) is 0 Å². The molecule has 1 saturated heterocycles. The molecule has 5 rings (SSSR count). The molecule has 1 amide bonds. The highest BCUT2D eigenvalue weighted by Gasteiger charge is 2.31. The van der Waals surface area contributed by atoms with E-state index in [1.807, 2.05) is 0 Å². The zero-order chi connectivity index (χ0) is 27.0. The van der Waals surface area contributed by atoms with Crippen LogP contribution >= 0.6 is 0 Å². The van der Waals surface area contributed by atoms with Crippen molar-refractivity contribution in [2.45, 2.75) is 58.6 Å². The molecule has 2 aromatic heterocycles. The number of fused-ring (bicyclic) bond motifs is 1. The topological polar surface area (TPSA) is 119 Å². The Morgan fingerprint density at radius 2 is 2.00 bits per heavy atom. The van der Waals surface area contributed by atoms with Crippen LogP contribution in [0.25, 0.3) is 22.3 Å². The molecule has 1 saturated carbocycles. The number of hydroxylamine groups is 2. The molecule has 0 bridgehead atoms. The quantitative estimate of drug-likeness (QED) is 0.432. The van der Waals surface area contributed by atoms with Crippen LogP contribution in [0.3, 0.4) is 0 Å². The van der Waals surface area contributed by atoms with Crippen LogP contribution in [-0.4, -0.2) is 63.4 Å². The highest BCUT2D eigenvalue weighted by Crippen LogP contribution is 2.36. The first-order valence-corrected chi connectivity index (χ1v) is 12.8. The maximum absolute atomic E-state index is 14.0. The number of aromatic amines is 1. The molecule has 1 atom stereocenters. The Hall–Kier alpha value is -3.73. The molecule has 38 heavy (non-hydrogen) atoms. The van der Waals surface area contributed by atoms with Gasteiger partial charge >= 0.3 is 6.16 Å². The summed E-state index contributed by atoms with van der Waals surface area (Å²) in [6.45, 7) is 8.41. The van der Waals surface area contributed by atoms with E-state index in [9.17, 15) is 14.0 Å². The number of rotatable bonds is 7. The average Bonchev–Trinajstić information content (AvgIpc) is 3.46. The van der Waals surface area contributed by atoms with Gasteiger partial charge in [0.05, 0.1) is 24.2 Å². The van der Waals surface area contributed by atoms with E-state index in [4.69, 9.17) is 14.3 Å². The lowest BCUT2D eigenvalue weighted by molar-refractivity contribution is -0.130. The predicted molar refractivity (Wildman–Crippen MR) is 137 cm³/mol. The van der Waals surface area contributed by atoms with E-state index in [-0.39, 0.29) is 11.9 Å². The molecule has 1 aliphatic heterocycles. The number of ether oxygens (including phenoxy) is 2. The van der Waals surface area contributed by atoms with Crippen molar-refractivity contribution in [1.29, 1.82) is 0 Å². The number of aryl methyl sites for hydroxylation is 1. The molecular weight excluding hydrogens is 493 g/mol. The number of carbonyl (C=O) groups is 2. The summed E-state index contributed by atoms with van der Waals surface area (Å²) >= 11 is 0. The molecule has 10 nitrogen and oxygen atoms in total. The maximum Gasteiger partial charge on any atom is 0.528 e. The van der Waals surface area contributed by atoms with Crippen molar-refractivity contribution in [3.63, 3.8) is 0 Å². The number of halogens is 1. The first kappa shape index (κ1) is 25.9. The first-order chi connectivity index (χ1) is 18.1. The Morgan fingerprint density at radius 3 is 2.74 bits per heavy atom. The highest BCUT2D eigenvalue weighted by molar-refractivity contribution is 6.09. The summed E-state index contributed by atoms with van der Waals surface area (Å²) in [6.07, 6.45) is 3.45. The minimum absolute atomic E-state index is 0.227. The van der Waals surface area contributed by atoms with Gasteiger partial charge in [-0.1, -0.05) is 0 Å². The maximum atomic E-state index is 14.0. The predicted octanol–water partition coefficient (Wildman–Crippen LogP) is 4.53. The molecule has 202 valence electrons. The number of H-pyrrole nitrogens is 1. The van der Waals surface area contributed by atoms with E-state index in [0.717, 1.165) is 12.8 Å². The van der Waals surface area contributed by atoms with Crippen LogP contribution in [0.15, 0.2) is 24.5 Å². The lowest BCUT2D eigenvalue weighted by Crippen LogP contribution is -2.38. The van der Waals surface area contributed by atoms with Crippen molar-refractivity contribution in [1.82, 2.24) is 25.3 Å². The largest absolute Gasteiger partial charge is 0.528 e. The third-order valence-electron chi connectivity index (χ3n) is 6.45. The highest BCUT2D eigenvalue weighted by atomic mass is 19.1. The molecule has 0 unspecified atom stereocenters. The molecular formula is C27H32FN5O5. The summed E-state index contributed by atoms with van der Waals surface area (Å²) in [5, 5.41) is 4.50. The Morgan fingerprint density at radius 1 is 1.21 bits per heavy atom. The van der Waals surface area contributed by atoms with Crippen molar-refractivity contribution >= 4 is 23.1 Å². The number of amides is 1. The Kier molecular flexibility index (Phi) is 6.95. The minimum atomic E-state index is -0.776. The summed E-state index contributed by atoms with van der Waals surface area (Å²) in [6, 6.07) is 4.13. The third kappa shape index (κ3) is 5.88. The fourth-order valence-electron chi connectivity index (χ4n) is 4.47. The summed E-state index contributed by atoms with van der Waals surface area (Å²) < 4.78 is 25.2. The molecule has 2 N–H and O–H groups in total. The van der Waals surface area contributed by atoms with Crippen LogP contribution in [-0.2, 0) is 9.57 Å². The van der Waals surface area contributed by atoms with Gasteiger partial charge in [0.25, 0.3) is 5.91 Å². The molecule has 2 aliphatic rings. The molecule has 1 aliphatic carbocycles. The molecule has 11 heteroatoms. The number of carbonyl (C=O) groups excluding carboxylic acids is 2. The Labute approximate surface area is 219 Å². The first-order valence-electron chi connectivity index (χ1n) is 12.8. The van der Waals surface area contributed by atoms with Gasteiger partial charge in [0.1, 0.15) is 34.7 Å². The second-order valence-corrected chi connectivity index (χ2v) is 10.9. The lowest BCUT2D eigenvalue weighted by atomic mass is 10.1. The van der Waals surface area contributed by atoms with E-state index in [1.54, 1.807) is 33.8 Å². The second kappa shape index (κ2) is 10.2. The van der Waals surface area contributed by atoms with Gasteiger partial charge in [0.15, 0.2) is 0 Å². The van der Waals surface area contributed by atoms with Crippen LogP contribution in [0.1, 0.15) is 56.1 Å². The summed E-state index contributed by atoms with van der Waals surface area (Å²) in [5.41, 5.74) is 2.55. The van der Waals surface area contributed by atoms with Crippen LogP contribution in [0, 0.1) is 18.7 Å². The van der Waals surface area contributed by atoms with E-state index in [0.29, 0.717) is 71.3 Å². The number of hydrogen-bond acceptors (Lipinski definition) is 8. The fraction of sp³-hybridized carbons (Fsp3) is 0.481. The molecule has 3 heterocycles. The van der Waals surface area contributed by atoms with Gasteiger partial charge in [-0.05, 0) is 65.0 Å². The number of benzene rings is 1. The summed E-state index contributed by atoms with van der Waals surface area (Å²) in [4.78, 5) is 42.7. The van der Waals surface area contributed by atoms with Crippen molar-refractivity contribution in [3.05, 3.63) is 41.6 Å². The summed E-state index contributed by atoms with van der Waals surface area (Å²) in [7, 11) is 0. The van der Waals surface area contributed by atoms with Gasteiger partial charge in [-0.2, -0.15) is 0 Å². The number of aromatic nitrogens is 3. The SMILES string of the molecule is Cc1[nH]c2c(-c3ccc(F)cc3OCC3CC3)ncnc2c1C(=O)N[C@@H]1CCN(OC(=O)OC(C)(C)C)C1. The molecule has 3 aromatic rings. The fourth-order valence-corrected chi connectivity index (χ4v) is 4.47. The van der Waals surface area contributed by atoms with Crippen molar-refractivity contribution in [3.8, 4) is 17.0 Å². The van der Waals surface area contributed by atoms with Crippen LogP contribution in [0.5, 0.6) is 5.75 Å². The van der Waals surface area contributed by atoms with E-state index in [2.05, 4.69) is 20.3 Å². The smallest absolute Gasteiger partial charge is 0.492 e. The minimum Gasteiger partial charge on any atom is -0.492 e. The summed E-state index contributed by atoms with van der Waals surface area (Å²) in [5.74, 6) is 0.215. The van der Waals surface area contributed by atoms with Gasteiger partial charge in [0.2, 0.25) is 0 Å². The van der Waals surface area contributed by atoms with Gasteiger partial charge in [-0.15, -0.1) is 5.06 Å². The van der Waals surface area contributed by atoms with Gasteiger partial charge in [-0.3, -0.25) is 4.79 Å². The molecule has 1 aromatic carbocycles. The van der Waals surface area contributed by atoms with Crippen LogP contribution in [0.4, 0.5) is 9.18 Å². The molecule has 0 spiro atoms. The third-order valence-corrected chi connectivity index (χ3v) is 6.45. The van der Waals surface area contributed by atoms with E-state index in [1.165, 1.54) is 23.5 Å². The van der Waals surface area contributed by atoms with Crippen molar-refractivity contribution in [2.24, 2.45) is 5.92 Å². The zero-order valence-electron chi connectivity index (χ0n) is 22.0. The Balaban J connectivity index is 1.33. The zero-order valence-corrected chi connectivity index (χ0v) is 22.0. The molecule has 2 fully saturated rings. The molecule has 0 radical (unpaired) electrons. The second-order valence-electron chi connectivity index (χ2n) is 10.9. The van der Waals surface area contributed by atoms with Crippen molar-refractivity contribution in [2.75, 3.05) is 19.7 Å². The Bertz CT molecular complexity index is 1360. The van der Waals surface area contributed by atoms with Gasteiger partial charge in [0, 0.05) is 29.9 Å². The van der Waals surface area contributed by atoms with E-state index >= 15 is 0 Å². The average molecular weight is 526 g/mol. The normalized spacial score (nSPS) is 18.0. The van der Waals surface area contributed by atoms with Gasteiger partial charge in [-0.25, -0.2) is 19.2 Å². The number of nitrogens with zero attached hydrogens (tertiary/aromatic N) is 3. The van der Waals surface area contributed by atoms with Gasteiger partial charge < -0.3 is 24.6 Å². The monoisotopic (exact) mass is 525 g/mol. The number of hydrogen-bond donors (Lipinski definition) is 2. The van der Waals surface area contributed by atoms with Crippen LogP contribution < -0.4 is 10.1 Å². The number of nitrogens with one attached hydrogen (secondary N) is 2. The standard InChI is InChI=1S/C27H32FN5O5/c1-15-21(25(34)32-18-9-10-33(12-18)38-26(35)37-27(2,3)4)23-24(31-15)22(29-14-30-23)19-8-7-17(28)11-20(19)36-13-16-5-6-16/h7-8,11,14,16,18,31H,5-6,9-10,12-13H2,1-4H3,(H,32,34)/t18-/m1/s1.